The lowest BCUT2D eigenvalue weighted by molar-refractivity contribution is 0.254. The SMILES string of the molecule is CC(C)COc1cccc(C(C)CO)n1. The molecule has 1 aromatic heterocycles. The van der Waals surface area contributed by atoms with Gasteiger partial charge in [-0.2, -0.15) is 0 Å². The predicted octanol–water partition coefficient (Wildman–Crippen LogP) is 2.21. The zero-order valence-corrected chi connectivity index (χ0v) is 9.60. The smallest absolute Gasteiger partial charge is 0.213 e. The first-order chi connectivity index (χ1) is 7.13. The Hall–Kier alpha value is -1.09. The largest absolute Gasteiger partial charge is 0.477 e. The Morgan fingerprint density at radius 3 is 2.67 bits per heavy atom. The van der Waals surface area contributed by atoms with Crippen LogP contribution in [-0.4, -0.2) is 23.3 Å². The van der Waals surface area contributed by atoms with Crippen LogP contribution in [0.4, 0.5) is 0 Å². The minimum atomic E-state index is 0.0626. The molecular formula is C12H19NO2. The predicted molar refractivity (Wildman–Crippen MR) is 60.1 cm³/mol. The average molecular weight is 209 g/mol. The van der Waals surface area contributed by atoms with Gasteiger partial charge in [-0.3, -0.25) is 0 Å². The van der Waals surface area contributed by atoms with Gasteiger partial charge < -0.3 is 9.84 Å². The molecule has 1 N–H and O–H groups in total. The lowest BCUT2D eigenvalue weighted by atomic mass is 10.1. The Morgan fingerprint density at radius 1 is 1.33 bits per heavy atom. The van der Waals surface area contributed by atoms with Gasteiger partial charge in [0.15, 0.2) is 0 Å². The Morgan fingerprint density at radius 2 is 2.07 bits per heavy atom. The second-order valence-electron chi connectivity index (χ2n) is 4.19. The van der Waals surface area contributed by atoms with E-state index in [1.165, 1.54) is 0 Å². The number of rotatable bonds is 5. The number of hydrogen-bond acceptors (Lipinski definition) is 3. The molecule has 3 nitrogen and oxygen atoms in total. The molecule has 0 bridgehead atoms. The minimum Gasteiger partial charge on any atom is -0.477 e. The van der Waals surface area contributed by atoms with Crippen molar-refractivity contribution >= 4 is 0 Å². The van der Waals surface area contributed by atoms with Gasteiger partial charge in [0.05, 0.1) is 13.2 Å². The third kappa shape index (κ3) is 3.88. The number of hydrogen-bond donors (Lipinski definition) is 1. The zero-order valence-electron chi connectivity index (χ0n) is 9.60. The summed E-state index contributed by atoms with van der Waals surface area (Å²) in [7, 11) is 0. The van der Waals surface area contributed by atoms with Crippen molar-refractivity contribution in [2.75, 3.05) is 13.2 Å². The fourth-order valence-corrected chi connectivity index (χ4v) is 1.13. The van der Waals surface area contributed by atoms with Crippen molar-refractivity contribution in [1.82, 2.24) is 4.98 Å². The molecule has 0 aliphatic rings. The van der Waals surface area contributed by atoms with Crippen LogP contribution in [0.25, 0.3) is 0 Å². The second-order valence-corrected chi connectivity index (χ2v) is 4.19. The first-order valence-corrected chi connectivity index (χ1v) is 5.34. The van der Waals surface area contributed by atoms with Gasteiger partial charge >= 0.3 is 0 Å². The number of ether oxygens (including phenoxy) is 1. The van der Waals surface area contributed by atoms with Crippen LogP contribution < -0.4 is 4.74 Å². The maximum atomic E-state index is 9.02. The molecule has 0 fully saturated rings. The zero-order chi connectivity index (χ0) is 11.3. The molecule has 0 radical (unpaired) electrons. The Bertz CT molecular complexity index is 299. The van der Waals surface area contributed by atoms with E-state index in [-0.39, 0.29) is 12.5 Å². The van der Waals surface area contributed by atoms with E-state index in [1.54, 1.807) is 0 Å². The number of aliphatic hydroxyl groups is 1. The molecule has 3 heteroatoms. The van der Waals surface area contributed by atoms with Crippen LogP contribution in [0.5, 0.6) is 5.88 Å². The maximum Gasteiger partial charge on any atom is 0.213 e. The van der Waals surface area contributed by atoms with E-state index in [1.807, 2.05) is 25.1 Å². The van der Waals surface area contributed by atoms with Crippen LogP contribution in [-0.2, 0) is 0 Å². The molecule has 15 heavy (non-hydrogen) atoms. The van der Waals surface area contributed by atoms with Crippen molar-refractivity contribution in [3.8, 4) is 5.88 Å². The molecule has 1 rings (SSSR count). The van der Waals surface area contributed by atoms with Crippen molar-refractivity contribution < 1.29 is 9.84 Å². The molecule has 1 unspecified atom stereocenters. The molecule has 0 aliphatic heterocycles. The maximum absolute atomic E-state index is 9.02. The van der Waals surface area contributed by atoms with Crippen molar-refractivity contribution in [3.63, 3.8) is 0 Å². The molecule has 1 atom stereocenters. The van der Waals surface area contributed by atoms with Gasteiger partial charge in [0.25, 0.3) is 0 Å². The molecule has 0 amide bonds. The molecular weight excluding hydrogens is 190 g/mol. The summed E-state index contributed by atoms with van der Waals surface area (Å²) in [6, 6.07) is 5.66. The van der Waals surface area contributed by atoms with Crippen LogP contribution in [0.3, 0.4) is 0 Å². The van der Waals surface area contributed by atoms with Gasteiger partial charge in [-0.15, -0.1) is 0 Å². The van der Waals surface area contributed by atoms with E-state index >= 15 is 0 Å². The Kier molecular flexibility index (Phi) is 4.56. The van der Waals surface area contributed by atoms with Crippen LogP contribution in [0.2, 0.25) is 0 Å². The summed E-state index contributed by atoms with van der Waals surface area (Å²) < 4.78 is 5.51. The van der Waals surface area contributed by atoms with Gasteiger partial charge in [0, 0.05) is 17.7 Å². The third-order valence-corrected chi connectivity index (χ3v) is 2.09. The lowest BCUT2D eigenvalue weighted by Gasteiger charge is -2.11. The second kappa shape index (κ2) is 5.71. The molecule has 0 aromatic carbocycles. The number of nitrogens with zero attached hydrogens (tertiary/aromatic N) is 1. The fourth-order valence-electron chi connectivity index (χ4n) is 1.13. The van der Waals surface area contributed by atoms with E-state index < -0.39 is 0 Å². The molecule has 84 valence electrons. The summed E-state index contributed by atoms with van der Waals surface area (Å²) in [5.41, 5.74) is 0.874. The van der Waals surface area contributed by atoms with E-state index in [2.05, 4.69) is 18.8 Å². The third-order valence-electron chi connectivity index (χ3n) is 2.09. The molecule has 1 heterocycles. The summed E-state index contributed by atoms with van der Waals surface area (Å²) in [6.07, 6.45) is 0. The summed E-state index contributed by atoms with van der Waals surface area (Å²) in [4.78, 5) is 4.33. The fraction of sp³-hybridized carbons (Fsp3) is 0.583. The summed E-state index contributed by atoms with van der Waals surface area (Å²) in [5.74, 6) is 1.19. The molecule has 0 spiro atoms. The van der Waals surface area contributed by atoms with Gasteiger partial charge in [-0.05, 0) is 12.0 Å². The standard InChI is InChI=1S/C12H19NO2/c1-9(2)8-15-12-6-4-5-11(13-12)10(3)7-14/h4-6,9-10,14H,7-8H2,1-3H3. The Labute approximate surface area is 91.1 Å². The van der Waals surface area contributed by atoms with Crippen molar-refractivity contribution in [1.29, 1.82) is 0 Å². The van der Waals surface area contributed by atoms with Gasteiger partial charge in [0.2, 0.25) is 5.88 Å². The number of aromatic nitrogens is 1. The van der Waals surface area contributed by atoms with Crippen LogP contribution in [0.15, 0.2) is 18.2 Å². The highest BCUT2D eigenvalue weighted by atomic mass is 16.5. The highest BCUT2D eigenvalue weighted by molar-refractivity contribution is 5.18. The van der Waals surface area contributed by atoms with E-state index in [4.69, 9.17) is 9.84 Å². The van der Waals surface area contributed by atoms with Gasteiger partial charge in [-0.25, -0.2) is 4.98 Å². The molecule has 1 aromatic rings. The molecule has 0 saturated heterocycles. The molecule has 0 saturated carbocycles. The summed E-state index contributed by atoms with van der Waals surface area (Å²) in [6.45, 7) is 6.92. The van der Waals surface area contributed by atoms with Crippen LogP contribution in [0.1, 0.15) is 32.4 Å². The van der Waals surface area contributed by atoms with E-state index in [9.17, 15) is 0 Å². The monoisotopic (exact) mass is 209 g/mol. The minimum absolute atomic E-state index is 0.0626. The average Bonchev–Trinajstić information content (AvgIpc) is 2.25. The van der Waals surface area contributed by atoms with Crippen molar-refractivity contribution in [2.24, 2.45) is 5.92 Å². The molecule has 0 aliphatic carbocycles. The Balaban J connectivity index is 2.65. The topological polar surface area (TPSA) is 42.4 Å². The van der Waals surface area contributed by atoms with E-state index in [0.29, 0.717) is 18.4 Å². The number of pyridine rings is 1. The van der Waals surface area contributed by atoms with Crippen LogP contribution >= 0.6 is 0 Å². The first kappa shape index (κ1) is 12.0. The quantitative estimate of drug-likeness (QED) is 0.808. The normalized spacial score (nSPS) is 12.9. The highest BCUT2D eigenvalue weighted by Gasteiger charge is 2.06. The van der Waals surface area contributed by atoms with Crippen molar-refractivity contribution in [2.45, 2.75) is 26.7 Å². The highest BCUT2D eigenvalue weighted by Crippen LogP contribution is 2.15. The first-order valence-electron chi connectivity index (χ1n) is 5.34. The lowest BCUT2D eigenvalue weighted by Crippen LogP contribution is -2.07. The number of aliphatic hydroxyl groups excluding tert-OH is 1. The summed E-state index contributed by atoms with van der Waals surface area (Å²) >= 11 is 0. The van der Waals surface area contributed by atoms with Gasteiger partial charge in [0.1, 0.15) is 0 Å². The van der Waals surface area contributed by atoms with E-state index in [0.717, 1.165) is 5.69 Å². The van der Waals surface area contributed by atoms with Crippen molar-refractivity contribution in [3.05, 3.63) is 23.9 Å². The van der Waals surface area contributed by atoms with Crippen LogP contribution in [0, 0.1) is 5.92 Å². The summed E-state index contributed by atoms with van der Waals surface area (Å²) in [5, 5.41) is 9.02. The van der Waals surface area contributed by atoms with Gasteiger partial charge in [-0.1, -0.05) is 26.8 Å².